The zero-order chi connectivity index (χ0) is 14.7. The highest BCUT2D eigenvalue weighted by molar-refractivity contribution is 5.91. The van der Waals surface area contributed by atoms with E-state index in [0.717, 1.165) is 0 Å². The van der Waals surface area contributed by atoms with Gasteiger partial charge < -0.3 is 14.8 Å². The molecule has 7 nitrogen and oxygen atoms in total. The second-order valence-electron chi connectivity index (χ2n) is 4.13. The molecule has 1 aromatic heterocycles. The van der Waals surface area contributed by atoms with Gasteiger partial charge in [0.25, 0.3) is 0 Å². The molecule has 0 bridgehead atoms. The molecule has 2 rings (SSSR count). The third kappa shape index (κ3) is 2.77. The van der Waals surface area contributed by atoms with E-state index in [1.807, 2.05) is 0 Å². The second kappa shape index (κ2) is 5.43. The third-order valence-electron chi connectivity index (χ3n) is 2.84. The molecule has 7 heteroatoms. The van der Waals surface area contributed by atoms with Crippen LogP contribution in [0.25, 0.3) is 0 Å². The average Bonchev–Trinajstić information content (AvgIpc) is 2.86. The number of nitrogens with one attached hydrogen (secondary N) is 1. The Morgan fingerprint density at radius 2 is 2.15 bits per heavy atom. The Balaban J connectivity index is 2.12. The molecule has 0 aliphatic heterocycles. The van der Waals surface area contributed by atoms with Gasteiger partial charge in [0.2, 0.25) is 0 Å². The summed E-state index contributed by atoms with van der Waals surface area (Å²) >= 11 is 0. The molecule has 0 atom stereocenters. The molecular formula is C13H12N2O5. The SMILES string of the molecule is Cc1c(NCc2ccc([N+](=O)[O-])o2)cccc1C(=O)O. The van der Waals surface area contributed by atoms with E-state index in [2.05, 4.69) is 5.32 Å². The fourth-order valence-corrected chi connectivity index (χ4v) is 1.80. The topological polar surface area (TPSA) is 106 Å². The van der Waals surface area contributed by atoms with Gasteiger partial charge >= 0.3 is 11.9 Å². The number of rotatable bonds is 5. The van der Waals surface area contributed by atoms with Gasteiger partial charge in [0.05, 0.1) is 18.2 Å². The first-order valence-electron chi connectivity index (χ1n) is 5.79. The number of nitrogens with zero attached hydrogens (tertiary/aromatic N) is 1. The van der Waals surface area contributed by atoms with Crippen LogP contribution in [0.3, 0.4) is 0 Å². The molecule has 0 unspecified atom stereocenters. The zero-order valence-electron chi connectivity index (χ0n) is 10.6. The lowest BCUT2D eigenvalue weighted by Gasteiger charge is -2.10. The van der Waals surface area contributed by atoms with Crippen molar-refractivity contribution in [1.29, 1.82) is 0 Å². The molecule has 1 heterocycles. The summed E-state index contributed by atoms with van der Waals surface area (Å²) < 4.78 is 5.01. The molecule has 0 fully saturated rings. The number of benzene rings is 1. The average molecular weight is 276 g/mol. The van der Waals surface area contributed by atoms with Crippen molar-refractivity contribution in [3.05, 3.63) is 57.3 Å². The number of furan rings is 1. The van der Waals surface area contributed by atoms with E-state index < -0.39 is 10.9 Å². The molecule has 0 saturated heterocycles. The van der Waals surface area contributed by atoms with Crippen LogP contribution in [-0.4, -0.2) is 16.0 Å². The van der Waals surface area contributed by atoms with Crippen LogP contribution in [-0.2, 0) is 6.54 Å². The summed E-state index contributed by atoms with van der Waals surface area (Å²) in [5.41, 5.74) is 1.45. The molecule has 0 saturated carbocycles. The van der Waals surface area contributed by atoms with Crippen LogP contribution in [0.4, 0.5) is 11.6 Å². The van der Waals surface area contributed by atoms with Gasteiger partial charge in [0, 0.05) is 5.69 Å². The molecule has 0 radical (unpaired) electrons. The van der Waals surface area contributed by atoms with Crippen molar-refractivity contribution in [2.45, 2.75) is 13.5 Å². The molecule has 0 amide bonds. The maximum Gasteiger partial charge on any atom is 0.433 e. The molecular weight excluding hydrogens is 264 g/mol. The van der Waals surface area contributed by atoms with E-state index in [4.69, 9.17) is 9.52 Å². The van der Waals surface area contributed by atoms with Gasteiger partial charge in [-0.15, -0.1) is 0 Å². The molecule has 20 heavy (non-hydrogen) atoms. The largest absolute Gasteiger partial charge is 0.478 e. The summed E-state index contributed by atoms with van der Waals surface area (Å²) in [5, 5.41) is 22.5. The smallest absolute Gasteiger partial charge is 0.433 e. The Morgan fingerprint density at radius 3 is 2.75 bits per heavy atom. The minimum absolute atomic E-state index is 0.209. The predicted octanol–water partition coefficient (Wildman–Crippen LogP) is 2.81. The Bertz CT molecular complexity index is 663. The van der Waals surface area contributed by atoms with Crippen molar-refractivity contribution in [1.82, 2.24) is 0 Å². The quantitative estimate of drug-likeness (QED) is 0.642. The van der Waals surface area contributed by atoms with Gasteiger partial charge in [0.1, 0.15) is 10.7 Å². The Hall–Kier alpha value is -2.83. The molecule has 2 aromatic rings. The van der Waals surface area contributed by atoms with E-state index in [1.54, 1.807) is 19.1 Å². The van der Waals surface area contributed by atoms with Crippen LogP contribution in [0.5, 0.6) is 0 Å². The van der Waals surface area contributed by atoms with Crippen LogP contribution < -0.4 is 5.32 Å². The van der Waals surface area contributed by atoms with Gasteiger partial charge in [-0.25, -0.2) is 4.79 Å². The molecule has 104 valence electrons. The van der Waals surface area contributed by atoms with Gasteiger partial charge in [-0.1, -0.05) is 6.07 Å². The minimum Gasteiger partial charge on any atom is -0.478 e. The normalized spacial score (nSPS) is 10.2. The van der Waals surface area contributed by atoms with Crippen LogP contribution in [0.15, 0.2) is 34.7 Å². The maximum atomic E-state index is 11.0. The lowest BCUT2D eigenvalue weighted by Crippen LogP contribution is -2.05. The van der Waals surface area contributed by atoms with Crippen molar-refractivity contribution < 1.29 is 19.2 Å². The molecule has 2 N–H and O–H groups in total. The zero-order valence-corrected chi connectivity index (χ0v) is 10.6. The maximum absolute atomic E-state index is 11.0. The Morgan fingerprint density at radius 1 is 1.40 bits per heavy atom. The molecule has 0 aliphatic rings. The van der Waals surface area contributed by atoms with Gasteiger partial charge in [-0.3, -0.25) is 10.1 Å². The van der Waals surface area contributed by atoms with Crippen molar-refractivity contribution in [3.63, 3.8) is 0 Å². The van der Waals surface area contributed by atoms with E-state index in [0.29, 0.717) is 17.0 Å². The summed E-state index contributed by atoms with van der Waals surface area (Å²) in [6.45, 7) is 1.92. The summed E-state index contributed by atoms with van der Waals surface area (Å²) in [4.78, 5) is 20.9. The number of anilines is 1. The fourth-order valence-electron chi connectivity index (χ4n) is 1.80. The monoisotopic (exact) mass is 276 g/mol. The van der Waals surface area contributed by atoms with Crippen LogP contribution >= 0.6 is 0 Å². The van der Waals surface area contributed by atoms with Crippen molar-refractivity contribution in [2.75, 3.05) is 5.32 Å². The highest BCUT2D eigenvalue weighted by Crippen LogP contribution is 2.21. The number of hydrogen-bond donors (Lipinski definition) is 2. The van der Waals surface area contributed by atoms with E-state index in [1.165, 1.54) is 18.2 Å². The van der Waals surface area contributed by atoms with Crippen molar-refractivity contribution in [3.8, 4) is 0 Å². The molecule has 1 aromatic carbocycles. The summed E-state index contributed by atoms with van der Waals surface area (Å²) in [5.74, 6) is -0.922. The number of carbonyl (C=O) groups is 1. The van der Waals surface area contributed by atoms with Crippen LogP contribution in [0.2, 0.25) is 0 Å². The van der Waals surface area contributed by atoms with Gasteiger partial charge in [-0.05, 0) is 30.7 Å². The number of nitro groups is 1. The van der Waals surface area contributed by atoms with Crippen LogP contribution in [0.1, 0.15) is 21.7 Å². The second-order valence-corrected chi connectivity index (χ2v) is 4.13. The standard InChI is InChI=1S/C13H12N2O5/c1-8-10(13(16)17)3-2-4-11(8)14-7-9-5-6-12(20-9)15(18)19/h2-6,14H,7H2,1H3,(H,16,17). The predicted molar refractivity (Wildman–Crippen MR) is 70.8 cm³/mol. The number of carboxylic acid groups (broad SMARTS) is 1. The molecule has 0 aliphatic carbocycles. The third-order valence-corrected chi connectivity index (χ3v) is 2.84. The van der Waals surface area contributed by atoms with Crippen molar-refractivity contribution in [2.24, 2.45) is 0 Å². The fraction of sp³-hybridized carbons (Fsp3) is 0.154. The van der Waals surface area contributed by atoms with Gasteiger partial charge in [-0.2, -0.15) is 0 Å². The summed E-state index contributed by atoms with van der Waals surface area (Å²) in [6, 6.07) is 7.65. The Kier molecular flexibility index (Phi) is 3.69. The van der Waals surface area contributed by atoms with E-state index in [9.17, 15) is 14.9 Å². The number of aromatic carboxylic acids is 1. The highest BCUT2D eigenvalue weighted by Gasteiger charge is 2.13. The van der Waals surface area contributed by atoms with Crippen LogP contribution in [0, 0.1) is 17.0 Å². The lowest BCUT2D eigenvalue weighted by atomic mass is 10.1. The van der Waals surface area contributed by atoms with Crippen molar-refractivity contribution >= 4 is 17.5 Å². The van der Waals surface area contributed by atoms with Gasteiger partial charge in [0.15, 0.2) is 0 Å². The van der Waals surface area contributed by atoms with E-state index in [-0.39, 0.29) is 18.0 Å². The number of carboxylic acids is 1. The first-order valence-corrected chi connectivity index (χ1v) is 5.79. The Labute approximate surface area is 114 Å². The minimum atomic E-state index is -1.00. The first-order chi connectivity index (χ1) is 9.49. The lowest BCUT2D eigenvalue weighted by molar-refractivity contribution is -0.402. The molecule has 0 spiro atoms. The highest BCUT2D eigenvalue weighted by atomic mass is 16.6. The summed E-state index contributed by atoms with van der Waals surface area (Å²) in [7, 11) is 0. The first kappa shape index (κ1) is 13.6. The number of hydrogen-bond acceptors (Lipinski definition) is 5. The van der Waals surface area contributed by atoms with E-state index >= 15 is 0 Å². The summed E-state index contributed by atoms with van der Waals surface area (Å²) in [6.07, 6.45) is 0.